The van der Waals surface area contributed by atoms with E-state index in [1.54, 1.807) is 12.1 Å². The predicted molar refractivity (Wildman–Crippen MR) is 125 cm³/mol. The van der Waals surface area contributed by atoms with Crippen LogP contribution in [-0.2, 0) is 14.8 Å². The van der Waals surface area contributed by atoms with Crippen molar-refractivity contribution < 1.29 is 17.6 Å². The Morgan fingerprint density at radius 3 is 2.21 bits per heavy atom. The molecule has 9 heteroatoms. The summed E-state index contributed by atoms with van der Waals surface area (Å²) in [6.45, 7) is 5.84. The van der Waals surface area contributed by atoms with E-state index in [1.807, 2.05) is 23.1 Å². The Morgan fingerprint density at radius 1 is 1.06 bits per heavy atom. The molecule has 1 fully saturated rings. The SMILES string of the molecule is CC(C)c1ccc(S(=O)(=O)N2CCN(CC(=O)N(CCC#N)c3ccc(F)cc3)CC2)cc1. The molecule has 33 heavy (non-hydrogen) atoms. The summed E-state index contributed by atoms with van der Waals surface area (Å²) < 4.78 is 40.7. The van der Waals surface area contributed by atoms with Crippen LogP contribution in [0.2, 0.25) is 0 Å². The fraction of sp³-hybridized carbons (Fsp3) is 0.417. The summed E-state index contributed by atoms with van der Waals surface area (Å²) >= 11 is 0. The zero-order chi connectivity index (χ0) is 24.0. The summed E-state index contributed by atoms with van der Waals surface area (Å²) in [5.74, 6) is -0.287. The largest absolute Gasteiger partial charge is 0.310 e. The first-order chi connectivity index (χ1) is 15.7. The van der Waals surface area contributed by atoms with Gasteiger partial charge >= 0.3 is 0 Å². The highest BCUT2D eigenvalue weighted by Crippen LogP contribution is 2.22. The average molecular weight is 473 g/mol. The molecule has 1 heterocycles. The third kappa shape index (κ3) is 6.16. The molecule has 3 rings (SSSR count). The highest BCUT2D eigenvalue weighted by molar-refractivity contribution is 7.89. The molecule has 0 bridgehead atoms. The van der Waals surface area contributed by atoms with Crippen molar-refractivity contribution in [3.63, 3.8) is 0 Å². The summed E-state index contributed by atoms with van der Waals surface area (Å²) in [4.78, 5) is 16.6. The number of piperazine rings is 1. The molecule has 0 saturated carbocycles. The van der Waals surface area contributed by atoms with Crippen LogP contribution in [0.25, 0.3) is 0 Å². The van der Waals surface area contributed by atoms with E-state index in [1.165, 1.54) is 33.5 Å². The van der Waals surface area contributed by atoms with Gasteiger partial charge in [-0.25, -0.2) is 12.8 Å². The number of nitriles is 1. The number of nitrogens with zero attached hydrogens (tertiary/aromatic N) is 4. The van der Waals surface area contributed by atoms with E-state index >= 15 is 0 Å². The number of halogens is 1. The lowest BCUT2D eigenvalue weighted by Crippen LogP contribution is -2.51. The van der Waals surface area contributed by atoms with Gasteiger partial charge in [0.1, 0.15) is 5.82 Å². The number of carbonyl (C=O) groups excluding carboxylic acids is 1. The number of carbonyl (C=O) groups is 1. The van der Waals surface area contributed by atoms with Crippen molar-refractivity contribution in [3.8, 4) is 6.07 Å². The van der Waals surface area contributed by atoms with Crippen molar-refractivity contribution in [3.05, 3.63) is 59.9 Å². The second kappa shape index (κ2) is 10.9. The lowest BCUT2D eigenvalue weighted by Gasteiger charge is -2.34. The fourth-order valence-electron chi connectivity index (χ4n) is 3.76. The van der Waals surface area contributed by atoms with E-state index in [4.69, 9.17) is 5.26 Å². The predicted octanol–water partition coefficient (Wildman–Crippen LogP) is 3.20. The average Bonchev–Trinajstić information content (AvgIpc) is 2.81. The maximum atomic E-state index is 13.3. The van der Waals surface area contributed by atoms with Crippen LogP contribution < -0.4 is 4.90 Å². The normalized spacial score (nSPS) is 15.4. The van der Waals surface area contributed by atoms with E-state index in [0.717, 1.165) is 5.56 Å². The molecule has 1 amide bonds. The maximum Gasteiger partial charge on any atom is 0.243 e. The van der Waals surface area contributed by atoms with Gasteiger partial charge in [0.05, 0.1) is 23.9 Å². The first kappa shape index (κ1) is 24.8. The lowest BCUT2D eigenvalue weighted by molar-refractivity contribution is -0.120. The second-order valence-corrected chi connectivity index (χ2v) is 10.3. The molecular weight excluding hydrogens is 443 g/mol. The van der Waals surface area contributed by atoms with Gasteiger partial charge in [0, 0.05) is 38.4 Å². The topological polar surface area (TPSA) is 84.7 Å². The Bertz CT molecular complexity index is 1090. The standard InChI is InChI=1S/C24H29FN4O3S/c1-19(2)20-4-10-23(11-5-20)33(31,32)28-16-14-27(15-17-28)18-24(30)29(13-3-12-26)22-8-6-21(25)7-9-22/h4-11,19H,3,13-18H2,1-2H3. The van der Waals surface area contributed by atoms with Crippen LogP contribution >= 0.6 is 0 Å². The summed E-state index contributed by atoms with van der Waals surface area (Å²) in [6.07, 6.45) is 0.157. The molecule has 0 aliphatic carbocycles. The van der Waals surface area contributed by atoms with Crippen LogP contribution in [0, 0.1) is 17.1 Å². The van der Waals surface area contributed by atoms with Crippen LogP contribution in [-0.4, -0.2) is 62.8 Å². The Kier molecular flexibility index (Phi) is 8.19. The van der Waals surface area contributed by atoms with Crippen LogP contribution in [0.4, 0.5) is 10.1 Å². The zero-order valence-corrected chi connectivity index (χ0v) is 19.8. The first-order valence-electron chi connectivity index (χ1n) is 11.0. The monoisotopic (exact) mass is 472 g/mol. The Balaban J connectivity index is 1.62. The minimum atomic E-state index is -3.59. The van der Waals surface area contributed by atoms with Crippen molar-refractivity contribution in [2.24, 2.45) is 0 Å². The molecule has 7 nitrogen and oxygen atoms in total. The smallest absolute Gasteiger partial charge is 0.243 e. The highest BCUT2D eigenvalue weighted by atomic mass is 32.2. The molecule has 0 N–H and O–H groups in total. The minimum absolute atomic E-state index is 0.0970. The van der Waals surface area contributed by atoms with Gasteiger partial charge in [0.15, 0.2) is 0 Å². The van der Waals surface area contributed by atoms with E-state index in [9.17, 15) is 17.6 Å². The van der Waals surface area contributed by atoms with Crippen molar-refractivity contribution in [2.75, 3.05) is 44.2 Å². The third-order valence-electron chi connectivity index (χ3n) is 5.76. The lowest BCUT2D eigenvalue weighted by atomic mass is 10.0. The number of anilines is 1. The molecule has 1 saturated heterocycles. The molecule has 0 atom stereocenters. The molecule has 1 aliphatic rings. The molecule has 1 aliphatic heterocycles. The van der Waals surface area contributed by atoms with Gasteiger partial charge in [-0.3, -0.25) is 9.69 Å². The number of sulfonamides is 1. The molecule has 176 valence electrons. The Hall–Kier alpha value is -2.80. The number of amides is 1. The van der Waals surface area contributed by atoms with Crippen molar-refractivity contribution >= 4 is 21.6 Å². The molecule has 2 aromatic carbocycles. The van der Waals surface area contributed by atoms with Crippen LogP contribution in [0.1, 0.15) is 31.7 Å². The Labute approximate surface area is 195 Å². The third-order valence-corrected chi connectivity index (χ3v) is 7.67. The Morgan fingerprint density at radius 2 is 1.67 bits per heavy atom. The van der Waals surface area contributed by atoms with Gasteiger partial charge < -0.3 is 4.90 Å². The highest BCUT2D eigenvalue weighted by Gasteiger charge is 2.30. The van der Waals surface area contributed by atoms with Gasteiger partial charge in [-0.15, -0.1) is 0 Å². The number of rotatable bonds is 8. The summed E-state index contributed by atoms with van der Waals surface area (Å²) in [7, 11) is -3.59. The summed E-state index contributed by atoms with van der Waals surface area (Å²) in [5, 5.41) is 8.93. The number of hydrogen-bond donors (Lipinski definition) is 0. The number of hydrogen-bond acceptors (Lipinski definition) is 5. The van der Waals surface area contributed by atoms with E-state index in [2.05, 4.69) is 13.8 Å². The maximum absolute atomic E-state index is 13.3. The van der Waals surface area contributed by atoms with Gasteiger partial charge in [-0.1, -0.05) is 26.0 Å². The second-order valence-electron chi connectivity index (χ2n) is 8.33. The quantitative estimate of drug-likeness (QED) is 0.589. The first-order valence-corrected chi connectivity index (χ1v) is 12.4. The van der Waals surface area contributed by atoms with Crippen LogP contribution in [0.3, 0.4) is 0 Å². The van der Waals surface area contributed by atoms with E-state index in [0.29, 0.717) is 24.7 Å². The molecule has 0 radical (unpaired) electrons. The van der Waals surface area contributed by atoms with Crippen LogP contribution in [0.5, 0.6) is 0 Å². The minimum Gasteiger partial charge on any atom is -0.310 e. The van der Waals surface area contributed by atoms with Crippen molar-refractivity contribution in [1.29, 1.82) is 5.26 Å². The van der Waals surface area contributed by atoms with Gasteiger partial charge in [0.25, 0.3) is 0 Å². The van der Waals surface area contributed by atoms with Gasteiger partial charge in [-0.2, -0.15) is 9.57 Å². The fourth-order valence-corrected chi connectivity index (χ4v) is 5.18. The molecule has 2 aromatic rings. The molecular formula is C24H29FN4O3S. The van der Waals surface area contributed by atoms with Crippen molar-refractivity contribution in [2.45, 2.75) is 31.1 Å². The summed E-state index contributed by atoms with van der Waals surface area (Å²) in [5.41, 5.74) is 1.61. The van der Waals surface area contributed by atoms with E-state index < -0.39 is 15.8 Å². The van der Waals surface area contributed by atoms with Gasteiger partial charge in [-0.05, 0) is 47.9 Å². The van der Waals surface area contributed by atoms with Crippen molar-refractivity contribution in [1.82, 2.24) is 9.21 Å². The molecule has 0 unspecified atom stereocenters. The summed E-state index contributed by atoms with van der Waals surface area (Å²) in [6, 6.07) is 14.6. The molecule has 0 spiro atoms. The van der Waals surface area contributed by atoms with Crippen LogP contribution in [0.15, 0.2) is 53.4 Å². The molecule has 0 aromatic heterocycles. The van der Waals surface area contributed by atoms with E-state index in [-0.39, 0.29) is 43.4 Å². The zero-order valence-electron chi connectivity index (χ0n) is 18.9. The number of benzene rings is 2. The van der Waals surface area contributed by atoms with Gasteiger partial charge in [0.2, 0.25) is 15.9 Å².